The summed E-state index contributed by atoms with van der Waals surface area (Å²) < 4.78 is 5.73. The molecule has 33 heavy (non-hydrogen) atoms. The monoisotopic (exact) mass is 458 g/mol. The van der Waals surface area contributed by atoms with Crippen molar-refractivity contribution in [1.29, 1.82) is 0 Å². The largest absolute Gasteiger partial charge is 0.493 e. The molecule has 0 spiro atoms. The van der Waals surface area contributed by atoms with Gasteiger partial charge >= 0.3 is 0 Å². The fourth-order valence-corrected chi connectivity index (χ4v) is 3.36. The number of aromatic amines is 1. The molecule has 166 valence electrons. The van der Waals surface area contributed by atoms with Gasteiger partial charge in [0, 0.05) is 22.9 Å². The molecule has 1 aromatic heterocycles. The molecule has 3 aromatic carbocycles. The van der Waals surface area contributed by atoms with Gasteiger partial charge in [0.05, 0.1) is 6.61 Å². The first-order valence-corrected chi connectivity index (χ1v) is 10.8. The van der Waals surface area contributed by atoms with Crippen molar-refractivity contribution in [2.24, 2.45) is 0 Å². The van der Waals surface area contributed by atoms with Crippen molar-refractivity contribution in [2.75, 3.05) is 6.61 Å². The van der Waals surface area contributed by atoms with Gasteiger partial charge in [0.15, 0.2) is 5.11 Å². The van der Waals surface area contributed by atoms with E-state index in [9.17, 15) is 9.59 Å². The van der Waals surface area contributed by atoms with Crippen molar-refractivity contribution >= 4 is 40.0 Å². The molecule has 0 aliphatic heterocycles. The summed E-state index contributed by atoms with van der Waals surface area (Å²) in [4.78, 5) is 27.7. The van der Waals surface area contributed by atoms with Gasteiger partial charge in [0.1, 0.15) is 11.4 Å². The van der Waals surface area contributed by atoms with Crippen LogP contribution >= 0.6 is 12.2 Å². The lowest BCUT2D eigenvalue weighted by atomic mass is 10.2. The van der Waals surface area contributed by atoms with Gasteiger partial charge in [-0.3, -0.25) is 25.8 Å². The van der Waals surface area contributed by atoms with Crippen molar-refractivity contribution in [3.63, 3.8) is 0 Å². The second-order valence-corrected chi connectivity index (χ2v) is 7.65. The lowest BCUT2D eigenvalue weighted by Crippen LogP contribution is -2.48. The van der Waals surface area contributed by atoms with Crippen LogP contribution in [0.5, 0.6) is 5.75 Å². The molecule has 0 aliphatic rings. The van der Waals surface area contributed by atoms with Crippen LogP contribution in [-0.4, -0.2) is 28.5 Å². The molecule has 1 heterocycles. The number of hydrazine groups is 1. The fourth-order valence-electron chi connectivity index (χ4n) is 3.22. The molecule has 4 rings (SSSR count). The molecule has 4 N–H and O–H groups in total. The smallest absolute Gasteiger partial charge is 0.286 e. The van der Waals surface area contributed by atoms with E-state index in [-0.39, 0.29) is 5.11 Å². The van der Waals surface area contributed by atoms with Crippen molar-refractivity contribution in [2.45, 2.75) is 6.42 Å². The van der Waals surface area contributed by atoms with Gasteiger partial charge in [-0.05, 0) is 54.2 Å². The number of carbonyl (C=O) groups is 2. The molecule has 2 amide bonds. The van der Waals surface area contributed by atoms with Crippen LogP contribution in [0, 0.1) is 0 Å². The number of benzene rings is 3. The summed E-state index contributed by atoms with van der Waals surface area (Å²) in [6.45, 7) is 0.541. The first-order chi connectivity index (χ1) is 16.1. The SMILES string of the molecule is O=C(NC(=S)NNC(=O)c1cc2ccccc2[nH]1)c1ccc(OCCc2ccccc2)cc1. The summed E-state index contributed by atoms with van der Waals surface area (Å²) in [6, 6.07) is 26.1. The van der Waals surface area contributed by atoms with Gasteiger partial charge in [0.25, 0.3) is 11.8 Å². The van der Waals surface area contributed by atoms with Crippen LogP contribution < -0.4 is 20.9 Å². The van der Waals surface area contributed by atoms with E-state index in [0.29, 0.717) is 23.6 Å². The summed E-state index contributed by atoms with van der Waals surface area (Å²) in [7, 11) is 0. The second kappa shape index (κ2) is 10.4. The molecule has 7 nitrogen and oxygen atoms in total. The van der Waals surface area contributed by atoms with Crippen LogP contribution in [0.2, 0.25) is 0 Å². The molecule has 0 atom stereocenters. The number of carbonyl (C=O) groups excluding carboxylic acids is 2. The number of thiocarbonyl (C=S) groups is 1. The molecule has 0 saturated carbocycles. The first-order valence-electron chi connectivity index (χ1n) is 10.3. The van der Waals surface area contributed by atoms with E-state index in [4.69, 9.17) is 17.0 Å². The van der Waals surface area contributed by atoms with E-state index >= 15 is 0 Å². The molecule has 0 aliphatic carbocycles. The van der Waals surface area contributed by atoms with Crippen molar-refractivity contribution in [1.82, 2.24) is 21.2 Å². The Morgan fingerprint density at radius 2 is 1.58 bits per heavy atom. The van der Waals surface area contributed by atoms with E-state index < -0.39 is 11.8 Å². The van der Waals surface area contributed by atoms with Crippen LogP contribution in [0.1, 0.15) is 26.4 Å². The van der Waals surface area contributed by atoms with E-state index in [1.807, 2.05) is 42.5 Å². The van der Waals surface area contributed by atoms with Crippen LogP contribution in [0.4, 0.5) is 0 Å². The molecule has 8 heteroatoms. The average Bonchev–Trinajstić information content (AvgIpc) is 3.28. The number of H-pyrrole nitrogens is 1. The predicted molar refractivity (Wildman–Crippen MR) is 131 cm³/mol. The summed E-state index contributed by atoms with van der Waals surface area (Å²) in [5.74, 6) is -0.128. The van der Waals surface area contributed by atoms with Gasteiger partial charge in [-0.1, -0.05) is 48.5 Å². The molecular formula is C25H22N4O3S. The van der Waals surface area contributed by atoms with Gasteiger partial charge in [0.2, 0.25) is 0 Å². The zero-order valence-corrected chi connectivity index (χ0v) is 18.4. The summed E-state index contributed by atoms with van der Waals surface area (Å²) in [5.41, 5.74) is 7.84. The normalized spacial score (nSPS) is 10.4. The summed E-state index contributed by atoms with van der Waals surface area (Å²) in [5, 5.41) is 3.43. The highest BCUT2D eigenvalue weighted by Crippen LogP contribution is 2.14. The number of para-hydroxylation sites is 1. The highest BCUT2D eigenvalue weighted by molar-refractivity contribution is 7.80. The third-order valence-corrected chi connectivity index (χ3v) is 5.11. The molecular weight excluding hydrogens is 436 g/mol. The predicted octanol–water partition coefficient (Wildman–Crippen LogP) is 3.74. The Morgan fingerprint density at radius 1 is 0.848 bits per heavy atom. The van der Waals surface area contributed by atoms with Gasteiger partial charge in [-0.25, -0.2) is 0 Å². The second-order valence-electron chi connectivity index (χ2n) is 7.24. The van der Waals surface area contributed by atoms with Gasteiger partial charge in [-0.15, -0.1) is 0 Å². The number of hydrogen-bond acceptors (Lipinski definition) is 4. The highest BCUT2D eigenvalue weighted by atomic mass is 32.1. The maximum atomic E-state index is 12.4. The minimum absolute atomic E-state index is 0.0207. The van der Waals surface area contributed by atoms with E-state index in [0.717, 1.165) is 17.3 Å². The third-order valence-electron chi connectivity index (χ3n) is 4.91. The Morgan fingerprint density at radius 3 is 2.33 bits per heavy atom. The van der Waals surface area contributed by atoms with Gasteiger partial charge in [-0.2, -0.15) is 0 Å². The molecule has 0 fully saturated rings. The quantitative estimate of drug-likeness (QED) is 0.261. The first kappa shape index (κ1) is 22.0. The Hall–Kier alpha value is -4.17. The van der Waals surface area contributed by atoms with E-state index in [1.54, 1.807) is 30.3 Å². The maximum absolute atomic E-state index is 12.4. The van der Waals surface area contributed by atoms with Gasteiger partial charge < -0.3 is 9.72 Å². The molecule has 0 saturated heterocycles. The molecule has 0 bridgehead atoms. The van der Waals surface area contributed by atoms with Crippen molar-refractivity contribution < 1.29 is 14.3 Å². The van der Waals surface area contributed by atoms with Crippen LogP contribution in [0.25, 0.3) is 10.9 Å². The zero-order chi connectivity index (χ0) is 23.0. The Labute approximate surface area is 196 Å². The topological polar surface area (TPSA) is 95.3 Å². The number of aromatic nitrogens is 1. The number of rotatable bonds is 6. The molecule has 4 aromatic rings. The maximum Gasteiger partial charge on any atom is 0.286 e. The third kappa shape index (κ3) is 5.96. The fraction of sp³-hybridized carbons (Fsp3) is 0.0800. The lowest BCUT2D eigenvalue weighted by Gasteiger charge is -2.11. The standard InChI is InChI=1S/C25H22N4O3S/c30-23(18-10-12-20(13-11-18)32-15-14-17-6-2-1-3-7-17)27-25(33)29-28-24(31)22-16-19-8-4-5-9-21(19)26-22/h1-13,16,26H,14-15H2,(H,28,31)(H2,27,29,30,33). The van der Waals surface area contributed by atoms with Crippen molar-refractivity contribution in [3.05, 3.63) is 102 Å². The Bertz CT molecular complexity index is 1240. The Kier molecular flexibility index (Phi) is 6.96. The van der Waals surface area contributed by atoms with Crippen LogP contribution in [0.15, 0.2) is 84.9 Å². The zero-order valence-electron chi connectivity index (χ0n) is 17.6. The molecule has 0 radical (unpaired) electrons. The average molecular weight is 459 g/mol. The molecule has 0 unspecified atom stereocenters. The number of ether oxygens (including phenoxy) is 1. The number of nitrogens with one attached hydrogen (secondary N) is 4. The van der Waals surface area contributed by atoms with Crippen molar-refractivity contribution in [3.8, 4) is 5.75 Å². The van der Waals surface area contributed by atoms with Crippen LogP contribution in [-0.2, 0) is 6.42 Å². The highest BCUT2D eigenvalue weighted by Gasteiger charge is 2.11. The Balaban J connectivity index is 1.22. The minimum atomic E-state index is -0.403. The number of hydrogen-bond donors (Lipinski definition) is 4. The summed E-state index contributed by atoms with van der Waals surface area (Å²) >= 11 is 5.10. The van der Waals surface area contributed by atoms with E-state index in [2.05, 4.69) is 33.3 Å². The minimum Gasteiger partial charge on any atom is -0.493 e. The number of fused-ring (bicyclic) bond motifs is 1. The lowest BCUT2D eigenvalue weighted by molar-refractivity contribution is 0.0931. The van der Waals surface area contributed by atoms with Crippen LogP contribution in [0.3, 0.4) is 0 Å². The van der Waals surface area contributed by atoms with E-state index in [1.165, 1.54) is 5.56 Å². The summed E-state index contributed by atoms with van der Waals surface area (Å²) in [6.07, 6.45) is 0.799. The number of amides is 2.